The monoisotopic (exact) mass is 319 g/mol. The number of aromatic hydroxyl groups is 1. The van der Waals surface area contributed by atoms with Crippen molar-refractivity contribution < 1.29 is 15.5 Å². The van der Waals surface area contributed by atoms with Gasteiger partial charge < -0.3 is 15.2 Å². The van der Waals surface area contributed by atoms with Crippen molar-refractivity contribution in [3.05, 3.63) is 29.0 Å². The molecule has 2 fully saturated rings. The Morgan fingerprint density at radius 2 is 2.09 bits per heavy atom. The maximum absolute atomic E-state index is 11.0. The molecule has 6 nitrogen and oxygen atoms in total. The van der Waals surface area contributed by atoms with Crippen LogP contribution in [0.3, 0.4) is 0 Å². The third-order valence-corrected chi connectivity index (χ3v) is 5.07. The predicted molar refractivity (Wildman–Crippen MR) is 88.3 cm³/mol. The largest absolute Gasteiger partial charge is 0.595 e. The molecular weight excluding hydrogens is 294 g/mol. The van der Waals surface area contributed by atoms with Crippen LogP contribution in [0.2, 0.25) is 0 Å². The van der Waals surface area contributed by atoms with E-state index in [4.69, 9.17) is 5.21 Å². The molecule has 6 heteroatoms. The van der Waals surface area contributed by atoms with E-state index in [1.807, 2.05) is 0 Å². The van der Waals surface area contributed by atoms with Crippen LogP contribution in [0, 0.1) is 11.1 Å². The van der Waals surface area contributed by atoms with E-state index in [2.05, 4.69) is 9.89 Å². The molecular formula is C17H25N3O3. The molecule has 0 saturated carbocycles. The second kappa shape index (κ2) is 7.40. The van der Waals surface area contributed by atoms with Gasteiger partial charge in [0.15, 0.2) is 5.69 Å². The highest BCUT2D eigenvalue weighted by molar-refractivity contribution is 5.84. The van der Waals surface area contributed by atoms with E-state index in [1.165, 1.54) is 63.4 Å². The van der Waals surface area contributed by atoms with Gasteiger partial charge in [0.2, 0.25) is 0 Å². The van der Waals surface area contributed by atoms with E-state index in [0.717, 1.165) is 6.54 Å². The number of aliphatic imine (C=N–C) groups is 1. The van der Waals surface area contributed by atoms with Crippen molar-refractivity contribution in [2.24, 2.45) is 10.9 Å². The van der Waals surface area contributed by atoms with Crippen molar-refractivity contribution in [2.45, 2.75) is 38.1 Å². The number of phenols is 1. The topological polar surface area (TPSA) is 83.6 Å². The van der Waals surface area contributed by atoms with Crippen molar-refractivity contribution in [1.82, 2.24) is 4.90 Å². The SMILES string of the molecule is [O-][NH+](O)c1ccc(O)c(C=NCC2CCCN3CCCCC23)c1. The Kier molecular flexibility index (Phi) is 5.27. The first-order valence-corrected chi connectivity index (χ1v) is 8.45. The molecule has 0 radical (unpaired) electrons. The van der Waals surface area contributed by atoms with Crippen LogP contribution in [-0.4, -0.2) is 47.1 Å². The first-order chi connectivity index (χ1) is 11.1. The maximum Gasteiger partial charge on any atom is 0.164 e. The fourth-order valence-corrected chi connectivity index (χ4v) is 3.87. The summed E-state index contributed by atoms with van der Waals surface area (Å²) < 4.78 is 0. The van der Waals surface area contributed by atoms with E-state index >= 15 is 0 Å². The third kappa shape index (κ3) is 3.90. The van der Waals surface area contributed by atoms with Crippen LogP contribution < -0.4 is 5.23 Å². The number of piperidine rings is 2. The highest BCUT2D eigenvalue weighted by Crippen LogP contribution is 2.31. The first kappa shape index (κ1) is 16.4. The van der Waals surface area contributed by atoms with Crippen LogP contribution in [0.15, 0.2) is 23.2 Å². The molecule has 2 aliphatic rings. The molecule has 1 aromatic carbocycles. The molecule has 2 saturated heterocycles. The molecule has 3 rings (SSSR count). The molecule has 3 unspecified atom stereocenters. The predicted octanol–water partition coefficient (Wildman–Crippen LogP) is 1.48. The van der Waals surface area contributed by atoms with Crippen molar-refractivity contribution in [2.75, 3.05) is 19.6 Å². The van der Waals surface area contributed by atoms with Crippen molar-refractivity contribution in [3.63, 3.8) is 0 Å². The molecule has 3 N–H and O–H groups in total. The highest BCUT2D eigenvalue weighted by Gasteiger charge is 2.32. The molecule has 0 amide bonds. The summed E-state index contributed by atoms with van der Waals surface area (Å²) in [5.74, 6) is 0.645. The summed E-state index contributed by atoms with van der Waals surface area (Å²) >= 11 is 0. The highest BCUT2D eigenvalue weighted by atomic mass is 16.8. The molecule has 126 valence electrons. The number of nitrogens with one attached hydrogen (secondary N) is 1. The number of hydrogen-bond donors (Lipinski definition) is 3. The number of fused-ring (bicyclic) bond motifs is 1. The molecule has 0 bridgehead atoms. The van der Waals surface area contributed by atoms with Gasteiger partial charge in [-0.15, -0.1) is 0 Å². The summed E-state index contributed by atoms with van der Waals surface area (Å²) in [5, 5.41) is 28.9. The average molecular weight is 319 g/mol. The van der Waals surface area contributed by atoms with E-state index in [9.17, 15) is 10.3 Å². The number of benzene rings is 1. The number of rotatable bonds is 4. The molecule has 2 aliphatic heterocycles. The number of quaternary nitrogens is 1. The van der Waals surface area contributed by atoms with Gasteiger partial charge in [-0.1, -0.05) is 6.42 Å². The Balaban J connectivity index is 1.65. The second-order valence-electron chi connectivity index (χ2n) is 6.57. The zero-order chi connectivity index (χ0) is 16.2. The number of phenolic OH excluding ortho intramolecular Hbond substituents is 1. The van der Waals surface area contributed by atoms with Gasteiger partial charge in [-0.3, -0.25) is 4.99 Å². The normalized spacial score (nSPS) is 27.0. The van der Waals surface area contributed by atoms with Gasteiger partial charge in [-0.2, -0.15) is 5.23 Å². The Morgan fingerprint density at radius 1 is 1.26 bits per heavy atom. The molecule has 23 heavy (non-hydrogen) atoms. The Bertz CT molecular complexity index is 560. The van der Waals surface area contributed by atoms with Gasteiger partial charge in [0.25, 0.3) is 0 Å². The summed E-state index contributed by atoms with van der Waals surface area (Å²) in [6.45, 7) is 3.18. The number of nitrogens with zero attached hydrogens (tertiary/aromatic N) is 2. The zero-order valence-corrected chi connectivity index (χ0v) is 13.3. The molecule has 0 spiro atoms. The fraction of sp³-hybridized carbons (Fsp3) is 0.588. The lowest BCUT2D eigenvalue weighted by Gasteiger charge is -2.43. The summed E-state index contributed by atoms with van der Waals surface area (Å²) in [7, 11) is 0. The van der Waals surface area contributed by atoms with Crippen molar-refractivity contribution in [3.8, 4) is 5.75 Å². The minimum Gasteiger partial charge on any atom is -0.595 e. The fourth-order valence-electron chi connectivity index (χ4n) is 3.87. The van der Waals surface area contributed by atoms with Gasteiger partial charge in [-0.05, 0) is 50.8 Å². The van der Waals surface area contributed by atoms with Crippen LogP contribution in [0.5, 0.6) is 5.75 Å². The third-order valence-electron chi connectivity index (χ3n) is 5.07. The van der Waals surface area contributed by atoms with Crippen LogP contribution in [-0.2, 0) is 0 Å². The maximum atomic E-state index is 11.0. The van der Waals surface area contributed by atoms with E-state index < -0.39 is 5.23 Å². The zero-order valence-electron chi connectivity index (χ0n) is 13.3. The van der Waals surface area contributed by atoms with Crippen LogP contribution >= 0.6 is 0 Å². The standard InChI is InChI=1S/C17H25N3O3/c21-17-7-6-15(20(22)23)10-14(17)12-18-11-13-4-3-9-19-8-2-1-5-16(13)19/h6-7,10,12-13,16,20-22H,1-5,8-9,11H2. The van der Waals surface area contributed by atoms with Gasteiger partial charge in [0.1, 0.15) is 5.75 Å². The van der Waals surface area contributed by atoms with Crippen LogP contribution in [0.1, 0.15) is 37.7 Å². The summed E-state index contributed by atoms with van der Waals surface area (Å²) in [6, 6.07) is 4.92. The van der Waals surface area contributed by atoms with E-state index in [1.54, 1.807) is 6.21 Å². The molecule has 0 aliphatic carbocycles. The number of hydrogen-bond acceptors (Lipinski definition) is 5. The lowest BCUT2D eigenvalue weighted by atomic mass is 9.83. The smallest absolute Gasteiger partial charge is 0.164 e. The van der Waals surface area contributed by atoms with Crippen LogP contribution in [0.25, 0.3) is 0 Å². The van der Waals surface area contributed by atoms with Crippen molar-refractivity contribution in [1.29, 1.82) is 0 Å². The van der Waals surface area contributed by atoms with E-state index in [0.29, 0.717) is 17.5 Å². The lowest BCUT2D eigenvalue weighted by molar-refractivity contribution is -0.991. The summed E-state index contributed by atoms with van der Waals surface area (Å²) in [6.07, 6.45) is 7.94. The average Bonchev–Trinajstić information content (AvgIpc) is 2.56. The van der Waals surface area contributed by atoms with E-state index in [-0.39, 0.29) is 11.4 Å². The van der Waals surface area contributed by atoms with Crippen LogP contribution in [0.4, 0.5) is 5.69 Å². The quantitative estimate of drug-likeness (QED) is 0.446. The van der Waals surface area contributed by atoms with Gasteiger partial charge in [0.05, 0.1) is 0 Å². The van der Waals surface area contributed by atoms with Gasteiger partial charge >= 0.3 is 0 Å². The summed E-state index contributed by atoms with van der Waals surface area (Å²) in [4.78, 5) is 7.12. The first-order valence-electron chi connectivity index (χ1n) is 8.45. The molecule has 1 aromatic rings. The Morgan fingerprint density at radius 3 is 2.91 bits per heavy atom. The minimum absolute atomic E-state index is 0.0710. The Hall–Kier alpha value is -1.47. The van der Waals surface area contributed by atoms with Gasteiger partial charge in [0, 0.05) is 36.5 Å². The van der Waals surface area contributed by atoms with Gasteiger partial charge in [-0.25, -0.2) is 5.21 Å². The molecule has 3 atom stereocenters. The minimum atomic E-state index is -0.996. The second-order valence-corrected chi connectivity index (χ2v) is 6.57. The Labute approximate surface area is 136 Å². The molecule has 2 heterocycles. The van der Waals surface area contributed by atoms with Crippen molar-refractivity contribution >= 4 is 11.9 Å². The molecule has 0 aromatic heterocycles. The lowest BCUT2D eigenvalue weighted by Crippen LogP contribution is -2.99. The summed E-state index contributed by atoms with van der Waals surface area (Å²) in [5.41, 5.74) is 0.640.